The average molecular weight is 289 g/mol. The van der Waals surface area contributed by atoms with E-state index in [9.17, 15) is 0 Å². The number of nitrogens with zero attached hydrogens (tertiary/aromatic N) is 3. The molecule has 1 saturated carbocycles. The molecule has 4 heteroatoms. The van der Waals surface area contributed by atoms with Gasteiger partial charge in [0.25, 0.3) is 0 Å². The van der Waals surface area contributed by atoms with Gasteiger partial charge in [-0.3, -0.25) is 4.98 Å². The van der Waals surface area contributed by atoms with E-state index in [1.54, 1.807) is 0 Å². The molecule has 1 saturated heterocycles. The van der Waals surface area contributed by atoms with Gasteiger partial charge >= 0.3 is 0 Å². The molecule has 1 aromatic heterocycles. The first kappa shape index (κ1) is 14.8. The molecule has 0 radical (unpaired) electrons. The van der Waals surface area contributed by atoms with E-state index in [0.717, 1.165) is 26.2 Å². The van der Waals surface area contributed by atoms with Crippen molar-refractivity contribution in [1.82, 2.24) is 9.88 Å². The molecule has 0 bridgehead atoms. The third-order valence-corrected chi connectivity index (χ3v) is 4.43. The molecule has 2 heterocycles. The van der Waals surface area contributed by atoms with Crippen LogP contribution < -0.4 is 4.90 Å². The fourth-order valence-electron chi connectivity index (χ4n) is 3.03. The van der Waals surface area contributed by atoms with Gasteiger partial charge in [0.2, 0.25) is 0 Å². The fourth-order valence-corrected chi connectivity index (χ4v) is 3.03. The minimum Gasteiger partial charge on any atom is -0.371 e. The number of morpholine rings is 1. The van der Waals surface area contributed by atoms with E-state index in [2.05, 4.69) is 49.9 Å². The van der Waals surface area contributed by atoms with E-state index in [0.29, 0.717) is 5.92 Å². The lowest BCUT2D eigenvalue weighted by atomic mass is 10.1. The molecule has 1 aromatic rings. The van der Waals surface area contributed by atoms with Crippen LogP contribution in [-0.4, -0.2) is 49.3 Å². The molecule has 4 nitrogen and oxygen atoms in total. The summed E-state index contributed by atoms with van der Waals surface area (Å²) < 4.78 is 5.94. The van der Waals surface area contributed by atoms with Gasteiger partial charge in [-0.2, -0.15) is 0 Å². The molecular weight excluding hydrogens is 262 g/mol. The molecule has 0 unspecified atom stereocenters. The summed E-state index contributed by atoms with van der Waals surface area (Å²) in [6.07, 6.45) is 2.42. The second-order valence-corrected chi connectivity index (χ2v) is 7.05. The Balaban J connectivity index is 1.88. The number of pyridine rings is 1. The highest BCUT2D eigenvalue weighted by Gasteiger charge is 2.47. The van der Waals surface area contributed by atoms with Crippen LogP contribution in [0.3, 0.4) is 0 Å². The number of rotatable bonds is 4. The van der Waals surface area contributed by atoms with Crippen molar-refractivity contribution in [3.63, 3.8) is 0 Å². The van der Waals surface area contributed by atoms with Crippen LogP contribution in [0.15, 0.2) is 12.1 Å². The molecule has 21 heavy (non-hydrogen) atoms. The van der Waals surface area contributed by atoms with Crippen LogP contribution in [0, 0.1) is 0 Å². The standard InChI is InChI=1S/C17H27N3O/c1-13(2)14-5-6-16(15(18-14)11-19(3)4)20-9-10-21-17(12-20)7-8-17/h5-6,13H,7-12H2,1-4H3. The van der Waals surface area contributed by atoms with E-state index in [-0.39, 0.29) is 5.60 Å². The van der Waals surface area contributed by atoms with Gasteiger partial charge in [0.05, 0.1) is 23.6 Å². The summed E-state index contributed by atoms with van der Waals surface area (Å²) in [5, 5.41) is 0. The zero-order valence-corrected chi connectivity index (χ0v) is 13.7. The smallest absolute Gasteiger partial charge is 0.0859 e. The summed E-state index contributed by atoms with van der Waals surface area (Å²) in [7, 11) is 4.21. The summed E-state index contributed by atoms with van der Waals surface area (Å²) >= 11 is 0. The minimum absolute atomic E-state index is 0.157. The second-order valence-electron chi connectivity index (χ2n) is 7.05. The van der Waals surface area contributed by atoms with Crippen molar-refractivity contribution in [3.05, 3.63) is 23.5 Å². The van der Waals surface area contributed by atoms with Crippen LogP contribution in [0.4, 0.5) is 5.69 Å². The quantitative estimate of drug-likeness (QED) is 0.852. The maximum absolute atomic E-state index is 5.94. The van der Waals surface area contributed by atoms with Gasteiger partial charge in [-0.15, -0.1) is 0 Å². The van der Waals surface area contributed by atoms with Crippen molar-refractivity contribution >= 4 is 5.69 Å². The van der Waals surface area contributed by atoms with Gasteiger partial charge in [0.1, 0.15) is 0 Å². The van der Waals surface area contributed by atoms with Crippen molar-refractivity contribution in [2.75, 3.05) is 38.7 Å². The highest BCUT2D eigenvalue weighted by atomic mass is 16.5. The molecule has 2 fully saturated rings. The fraction of sp³-hybridized carbons (Fsp3) is 0.706. The first-order valence-electron chi connectivity index (χ1n) is 8.03. The Bertz CT molecular complexity index is 509. The molecule has 1 aliphatic heterocycles. The van der Waals surface area contributed by atoms with Crippen LogP contribution >= 0.6 is 0 Å². The van der Waals surface area contributed by atoms with Crippen LogP contribution in [0.25, 0.3) is 0 Å². The Morgan fingerprint density at radius 1 is 1.33 bits per heavy atom. The molecule has 1 aliphatic carbocycles. The predicted molar refractivity (Wildman–Crippen MR) is 85.8 cm³/mol. The van der Waals surface area contributed by atoms with Crippen molar-refractivity contribution in [1.29, 1.82) is 0 Å². The SMILES string of the molecule is CC(C)c1ccc(N2CCOC3(CC3)C2)c(CN(C)C)n1. The first-order chi connectivity index (χ1) is 9.99. The average Bonchev–Trinajstić information content (AvgIpc) is 3.17. The minimum atomic E-state index is 0.157. The monoisotopic (exact) mass is 289 g/mol. The molecule has 0 amide bonds. The van der Waals surface area contributed by atoms with Crippen LogP contribution in [0.5, 0.6) is 0 Å². The Morgan fingerprint density at radius 2 is 2.10 bits per heavy atom. The summed E-state index contributed by atoms with van der Waals surface area (Å²) in [5.74, 6) is 0.472. The third kappa shape index (κ3) is 3.22. The number of ether oxygens (including phenoxy) is 1. The summed E-state index contributed by atoms with van der Waals surface area (Å²) in [6, 6.07) is 4.46. The molecular formula is C17H27N3O. The number of hydrogen-bond donors (Lipinski definition) is 0. The van der Waals surface area contributed by atoms with Gasteiger partial charge in [-0.05, 0) is 45.0 Å². The van der Waals surface area contributed by atoms with E-state index < -0.39 is 0 Å². The summed E-state index contributed by atoms with van der Waals surface area (Å²) in [6.45, 7) is 8.14. The molecule has 116 valence electrons. The normalized spacial score (nSPS) is 20.6. The largest absolute Gasteiger partial charge is 0.371 e. The predicted octanol–water partition coefficient (Wildman–Crippen LogP) is 2.64. The lowest BCUT2D eigenvalue weighted by Gasteiger charge is -2.36. The molecule has 2 aliphatic rings. The lowest BCUT2D eigenvalue weighted by Crippen LogP contribution is -2.44. The van der Waals surface area contributed by atoms with E-state index in [1.165, 1.54) is 29.9 Å². The van der Waals surface area contributed by atoms with Crippen LogP contribution in [-0.2, 0) is 11.3 Å². The van der Waals surface area contributed by atoms with E-state index in [1.807, 2.05) is 0 Å². The summed E-state index contributed by atoms with van der Waals surface area (Å²) in [5.41, 5.74) is 3.83. The highest BCUT2D eigenvalue weighted by Crippen LogP contribution is 2.43. The Morgan fingerprint density at radius 3 is 2.71 bits per heavy atom. The van der Waals surface area contributed by atoms with Crippen molar-refractivity contribution < 1.29 is 4.74 Å². The maximum Gasteiger partial charge on any atom is 0.0859 e. The molecule has 3 rings (SSSR count). The zero-order valence-electron chi connectivity index (χ0n) is 13.7. The Kier molecular flexibility index (Phi) is 3.93. The third-order valence-electron chi connectivity index (χ3n) is 4.43. The van der Waals surface area contributed by atoms with Gasteiger partial charge < -0.3 is 14.5 Å². The molecule has 0 atom stereocenters. The molecule has 0 aromatic carbocycles. The molecule has 0 N–H and O–H groups in total. The topological polar surface area (TPSA) is 28.6 Å². The van der Waals surface area contributed by atoms with Gasteiger partial charge in [-0.1, -0.05) is 13.8 Å². The Labute approximate surface area is 128 Å². The number of anilines is 1. The lowest BCUT2D eigenvalue weighted by molar-refractivity contribution is 0.0205. The van der Waals surface area contributed by atoms with Gasteiger partial charge in [0, 0.05) is 25.3 Å². The van der Waals surface area contributed by atoms with Crippen molar-refractivity contribution in [2.45, 2.75) is 44.8 Å². The van der Waals surface area contributed by atoms with Crippen molar-refractivity contribution in [2.24, 2.45) is 0 Å². The number of hydrogen-bond acceptors (Lipinski definition) is 4. The van der Waals surface area contributed by atoms with Crippen LogP contribution in [0.2, 0.25) is 0 Å². The van der Waals surface area contributed by atoms with E-state index in [4.69, 9.17) is 9.72 Å². The Hall–Kier alpha value is -1.13. The van der Waals surface area contributed by atoms with Crippen LogP contribution in [0.1, 0.15) is 44.0 Å². The highest BCUT2D eigenvalue weighted by molar-refractivity contribution is 5.52. The summed E-state index contributed by atoms with van der Waals surface area (Å²) in [4.78, 5) is 9.61. The first-order valence-corrected chi connectivity index (χ1v) is 8.03. The second kappa shape index (κ2) is 5.58. The molecule has 1 spiro atoms. The van der Waals surface area contributed by atoms with Gasteiger partial charge in [0.15, 0.2) is 0 Å². The number of aromatic nitrogens is 1. The van der Waals surface area contributed by atoms with Crippen molar-refractivity contribution in [3.8, 4) is 0 Å². The van der Waals surface area contributed by atoms with Gasteiger partial charge in [-0.25, -0.2) is 0 Å². The van der Waals surface area contributed by atoms with E-state index >= 15 is 0 Å². The zero-order chi connectivity index (χ0) is 15.0. The maximum atomic E-state index is 5.94.